The Hall–Kier alpha value is -0.0500. The fraction of sp³-hybridized carbons (Fsp3) is 0.692. The first-order valence-corrected chi connectivity index (χ1v) is 7.34. The summed E-state index contributed by atoms with van der Waals surface area (Å²) in [4.78, 5) is 1.33. The zero-order valence-corrected chi connectivity index (χ0v) is 12.0. The Balaban J connectivity index is 2.30. The summed E-state index contributed by atoms with van der Waals surface area (Å²) < 4.78 is 0.877. The molecule has 0 fully saturated rings. The van der Waals surface area contributed by atoms with Crippen LogP contribution in [-0.4, -0.2) is 6.04 Å². The molecular formula is C13H22ClNS. The van der Waals surface area contributed by atoms with Crippen molar-refractivity contribution in [3.8, 4) is 0 Å². The Morgan fingerprint density at radius 1 is 1.31 bits per heavy atom. The quantitative estimate of drug-likeness (QED) is 0.678. The van der Waals surface area contributed by atoms with Crippen LogP contribution in [0.15, 0.2) is 12.1 Å². The molecule has 0 aliphatic carbocycles. The topological polar surface area (TPSA) is 12.0 Å². The van der Waals surface area contributed by atoms with Gasteiger partial charge in [0.25, 0.3) is 0 Å². The van der Waals surface area contributed by atoms with Crippen LogP contribution in [0.4, 0.5) is 0 Å². The summed E-state index contributed by atoms with van der Waals surface area (Å²) >= 11 is 7.60. The van der Waals surface area contributed by atoms with Crippen LogP contribution in [0.25, 0.3) is 0 Å². The molecular weight excluding hydrogens is 238 g/mol. The van der Waals surface area contributed by atoms with Crippen molar-refractivity contribution in [2.45, 2.75) is 58.5 Å². The van der Waals surface area contributed by atoms with Gasteiger partial charge in [-0.1, -0.05) is 37.8 Å². The van der Waals surface area contributed by atoms with E-state index in [-0.39, 0.29) is 0 Å². The molecule has 16 heavy (non-hydrogen) atoms. The zero-order chi connectivity index (χ0) is 12.0. The smallest absolute Gasteiger partial charge is 0.0931 e. The third-order valence-corrected chi connectivity index (χ3v) is 4.21. The van der Waals surface area contributed by atoms with Gasteiger partial charge < -0.3 is 5.32 Å². The predicted molar refractivity (Wildman–Crippen MR) is 74.5 cm³/mol. The van der Waals surface area contributed by atoms with Gasteiger partial charge in [0, 0.05) is 17.0 Å². The SMILES string of the molecule is CCCCCC(C)NC(C)c1ccc(Cl)s1. The van der Waals surface area contributed by atoms with E-state index in [1.807, 2.05) is 6.07 Å². The lowest BCUT2D eigenvalue weighted by molar-refractivity contribution is 0.443. The number of hydrogen-bond acceptors (Lipinski definition) is 2. The van der Waals surface area contributed by atoms with Gasteiger partial charge in [-0.2, -0.15) is 0 Å². The van der Waals surface area contributed by atoms with Gasteiger partial charge in [0.05, 0.1) is 4.34 Å². The van der Waals surface area contributed by atoms with Gasteiger partial charge in [-0.25, -0.2) is 0 Å². The normalized spacial score (nSPS) is 15.0. The number of halogens is 1. The van der Waals surface area contributed by atoms with Crippen LogP contribution in [0.1, 0.15) is 57.4 Å². The molecule has 1 aromatic heterocycles. The molecule has 1 rings (SSSR count). The molecule has 0 spiro atoms. The van der Waals surface area contributed by atoms with Crippen LogP contribution < -0.4 is 5.32 Å². The van der Waals surface area contributed by atoms with Crippen molar-refractivity contribution in [2.75, 3.05) is 0 Å². The van der Waals surface area contributed by atoms with Gasteiger partial charge in [0.2, 0.25) is 0 Å². The molecule has 1 heterocycles. The van der Waals surface area contributed by atoms with E-state index in [1.165, 1.54) is 30.6 Å². The van der Waals surface area contributed by atoms with Crippen LogP contribution in [-0.2, 0) is 0 Å². The van der Waals surface area contributed by atoms with Gasteiger partial charge in [-0.3, -0.25) is 0 Å². The Kier molecular flexibility index (Phi) is 6.40. The van der Waals surface area contributed by atoms with Gasteiger partial charge in [0.1, 0.15) is 0 Å². The molecule has 0 aromatic carbocycles. The zero-order valence-electron chi connectivity index (χ0n) is 10.4. The molecule has 1 nitrogen and oxygen atoms in total. The second-order valence-electron chi connectivity index (χ2n) is 4.43. The molecule has 0 saturated carbocycles. The van der Waals surface area contributed by atoms with Gasteiger partial charge >= 0.3 is 0 Å². The van der Waals surface area contributed by atoms with E-state index in [1.54, 1.807) is 11.3 Å². The average molecular weight is 260 g/mol. The summed E-state index contributed by atoms with van der Waals surface area (Å²) in [6.45, 7) is 6.72. The lowest BCUT2D eigenvalue weighted by Crippen LogP contribution is -2.28. The van der Waals surface area contributed by atoms with Crippen LogP contribution in [0.3, 0.4) is 0 Å². The molecule has 92 valence electrons. The predicted octanol–water partition coefficient (Wildman–Crippen LogP) is 5.02. The summed E-state index contributed by atoms with van der Waals surface area (Å²) in [6.07, 6.45) is 5.22. The first-order valence-electron chi connectivity index (χ1n) is 6.14. The highest BCUT2D eigenvalue weighted by Gasteiger charge is 2.10. The Morgan fingerprint density at radius 2 is 2.06 bits per heavy atom. The summed E-state index contributed by atoms with van der Waals surface area (Å²) in [6, 6.07) is 5.09. The van der Waals surface area contributed by atoms with E-state index in [0.717, 1.165) is 4.34 Å². The lowest BCUT2D eigenvalue weighted by Gasteiger charge is -2.18. The van der Waals surface area contributed by atoms with Crippen LogP contribution in [0.2, 0.25) is 4.34 Å². The number of hydrogen-bond donors (Lipinski definition) is 1. The number of thiophene rings is 1. The molecule has 0 aliphatic heterocycles. The standard InChI is InChI=1S/C13H22ClNS/c1-4-5-6-7-10(2)15-11(3)12-8-9-13(14)16-12/h8-11,15H,4-7H2,1-3H3. The molecule has 2 atom stereocenters. The van der Waals surface area contributed by atoms with Crippen molar-refractivity contribution in [1.82, 2.24) is 5.32 Å². The van der Waals surface area contributed by atoms with E-state index in [2.05, 4.69) is 32.2 Å². The van der Waals surface area contributed by atoms with Crippen molar-refractivity contribution < 1.29 is 0 Å². The Bertz CT molecular complexity index is 298. The van der Waals surface area contributed by atoms with Gasteiger partial charge in [0.15, 0.2) is 0 Å². The van der Waals surface area contributed by atoms with Crippen molar-refractivity contribution in [3.05, 3.63) is 21.3 Å². The van der Waals surface area contributed by atoms with Crippen molar-refractivity contribution in [3.63, 3.8) is 0 Å². The van der Waals surface area contributed by atoms with E-state index in [4.69, 9.17) is 11.6 Å². The van der Waals surface area contributed by atoms with Gasteiger partial charge in [-0.05, 0) is 32.4 Å². The minimum absolute atomic E-state index is 0.411. The van der Waals surface area contributed by atoms with Crippen molar-refractivity contribution >= 4 is 22.9 Å². The maximum Gasteiger partial charge on any atom is 0.0931 e. The Labute approximate surface area is 108 Å². The van der Waals surface area contributed by atoms with E-state index >= 15 is 0 Å². The highest BCUT2D eigenvalue weighted by atomic mass is 35.5. The summed E-state index contributed by atoms with van der Waals surface area (Å²) in [7, 11) is 0. The van der Waals surface area contributed by atoms with E-state index in [0.29, 0.717) is 12.1 Å². The second kappa shape index (κ2) is 7.31. The summed E-state index contributed by atoms with van der Waals surface area (Å²) in [5.41, 5.74) is 0. The van der Waals surface area contributed by atoms with Crippen LogP contribution >= 0.6 is 22.9 Å². The first kappa shape index (κ1) is 14.0. The molecule has 3 heteroatoms. The fourth-order valence-corrected chi connectivity index (χ4v) is 2.93. The van der Waals surface area contributed by atoms with E-state index < -0.39 is 0 Å². The Morgan fingerprint density at radius 3 is 2.62 bits per heavy atom. The van der Waals surface area contributed by atoms with Crippen LogP contribution in [0, 0.1) is 0 Å². The average Bonchev–Trinajstić information content (AvgIpc) is 2.65. The molecule has 0 bridgehead atoms. The number of rotatable bonds is 7. The lowest BCUT2D eigenvalue weighted by atomic mass is 10.1. The third-order valence-electron chi connectivity index (χ3n) is 2.80. The minimum atomic E-state index is 0.411. The van der Waals surface area contributed by atoms with Crippen molar-refractivity contribution in [1.29, 1.82) is 0 Å². The third kappa shape index (κ3) is 4.86. The monoisotopic (exact) mass is 259 g/mol. The molecule has 2 unspecified atom stereocenters. The second-order valence-corrected chi connectivity index (χ2v) is 6.17. The molecule has 0 radical (unpaired) electrons. The summed E-state index contributed by atoms with van der Waals surface area (Å²) in [5.74, 6) is 0. The molecule has 1 N–H and O–H groups in total. The number of unbranched alkanes of at least 4 members (excludes halogenated alkanes) is 2. The van der Waals surface area contributed by atoms with E-state index in [9.17, 15) is 0 Å². The maximum absolute atomic E-state index is 5.93. The molecule has 0 aliphatic rings. The summed E-state index contributed by atoms with van der Waals surface area (Å²) in [5, 5.41) is 3.62. The van der Waals surface area contributed by atoms with Gasteiger partial charge in [-0.15, -0.1) is 11.3 Å². The highest BCUT2D eigenvalue weighted by molar-refractivity contribution is 7.16. The first-order chi connectivity index (χ1) is 7.63. The number of nitrogens with one attached hydrogen (secondary N) is 1. The molecule has 1 aromatic rings. The largest absolute Gasteiger partial charge is 0.307 e. The molecule has 0 amide bonds. The molecule has 0 saturated heterocycles. The fourth-order valence-electron chi connectivity index (χ4n) is 1.85. The maximum atomic E-state index is 5.93. The minimum Gasteiger partial charge on any atom is -0.307 e. The van der Waals surface area contributed by atoms with Crippen LogP contribution in [0.5, 0.6) is 0 Å². The highest BCUT2D eigenvalue weighted by Crippen LogP contribution is 2.27. The van der Waals surface area contributed by atoms with Crippen molar-refractivity contribution in [2.24, 2.45) is 0 Å².